The lowest BCUT2D eigenvalue weighted by Gasteiger charge is -2.10. The number of hydrogen-bond donors (Lipinski definition) is 2. The highest BCUT2D eigenvalue weighted by Crippen LogP contribution is 2.34. The number of fused-ring (bicyclic) bond motifs is 2. The summed E-state index contributed by atoms with van der Waals surface area (Å²) in [6.45, 7) is 3.35. The van der Waals surface area contributed by atoms with Gasteiger partial charge in [0.05, 0.1) is 17.3 Å². The van der Waals surface area contributed by atoms with Crippen molar-refractivity contribution >= 4 is 44.1 Å². The summed E-state index contributed by atoms with van der Waals surface area (Å²) in [6, 6.07) is 8.14. The second kappa shape index (κ2) is 6.03. The van der Waals surface area contributed by atoms with Crippen LogP contribution in [0.5, 0.6) is 0 Å². The number of amides is 1. The predicted octanol–water partition coefficient (Wildman–Crippen LogP) is 3.25. The van der Waals surface area contributed by atoms with Crippen LogP contribution in [0, 0.1) is 6.92 Å². The first-order valence-corrected chi connectivity index (χ1v) is 8.92. The summed E-state index contributed by atoms with van der Waals surface area (Å²) in [6.07, 6.45) is 2.17. The topological polar surface area (TPSA) is 77.2 Å². The van der Waals surface area contributed by atoms with Crippen molar-refractivity contribution in [3.63, 3.8) is 0 Å². The Hall–Kier alpha value is -2.18. The fourth-order valence-electron chi connectivity index (χ4n) is 3.06. The largest absolute Gasteiger partial charge is 0.397 e. The van der Waals surface area contributed by atoms with Gasteiger partial charge < -0.3 is 15.8 Å². The fraction of sp³-hybridized carbons (Fsp3) is 0.333. The number of carbonyl (C=O) groups is 1. The van der Waals surface area contributed by atoms with Gasteiger partial charge in [-0.05, 0) is 37.5 Å². The molecule has 0 aliphatic carbocycles. The molecule has 0 unspecified atom stereocenters. The number of nitrogens with one attached hydrogen (secondary N) is 1. The van der Waals surface area contributed by atoms with Gasteiger partial charge in [0.2, 0.25) is 0 Å². The van der Waals surface area contributed by atoms with Gasteiger partial charge in [-0.25, -0.2) is 4.98 Å². The molecule has 3 heterocycles. The number of nitrogen functional groups attached to an aromatic ring is 1. The van der Waals surface area contributed by atoms with Crippen molar-refractivity contribution in [2.45, 2.75) is 25.9 Å². The molecule has 1 fully saturated rings. The Morgan fingerprint density at radius 3 is 3.12 bits per heavy atom. The Morgan fingerprint density at radius 2 is 2.33 bits per heavy atom. The maximum Gasteiger partial charge on any atom is 0.263 e. The molecule has 2 aromatic heterocycles. The molecule has 1 aliphatic rings. The van der Waals surface area contributed by atoms with Crippen molar-refractivity contribution in [2.24, 2.45) is 0 Å². The molecule has 1 amide bonds. The zero-order valence-electron chi connectivity index (χ0n) is 13.5. The first-order valence-electron chi connectivity index (χ1n) is 8.11. The molecule has 1 aliphatic heterocycles. The quantitative estimate of drug-likeness (QED) is 0.766. The number of rotatable bonds is 3. The van der Waals surface area contributed by atoms with Gasteiger partial charge in [0, 0.05) is 23.9 Å². The SMILES string of the molecule is Cc1ccc2cc3c(N)c(C(=O)NC[C@H]4CCCO4)sc3nc2c1. The molecule has 4 rings (SSSR count). The van der Waals surface area contributed by atoms with E-state index >= 15 is 0 Å². The van der Waals surface area contributed by atoms with E-state index in [0.29, 0.717) is 17.1 Å². The van der Waals surface area contributed by atoms with Crippen molar-refractivity contribution in [1.29, 1.82) is 0 Å². The van der Waals surface area contributed by atoms with Crippen molar-refractivity contribution < 1.29 is 9.53 Å². The number of aromatic nitrogens is 1. The van der Waals surface area contributed by atoms with Gasteiger partial charge in [-0.1, -0.05) is 12.1 Å². The number of aryl methyl sites for hydroxylation is 1. The zero-order chi connectivity index (χ0) is 16.7. The monoisotopic (exact) mass is 341 g/mol. The number of ether oxygens (including phenoxy) is 1. The standard InChI is InChI=1S/C18H19N3O2S/c1-10-4-5-11-8-13-15(19)16(24-18(13)21-14(11)7-10)17(22)20-9-12-3-2-6-23-12/h4-5,7-8,12H,2-3,6,9,19H2,1H3,(H,20,22)/t12-/m1/s1. The number of benzene rings is 1. The van der Waals surface area contributed by atoms with E-state index < -0.39 is 0 Å². The second-order valence-corrected chi connectivity index (χ2v) is 7.23. The summed E-state index contributed by atoms with van der Waals surface area (Å²) in [5.41, 5.74) is 8.82. The third kappa shape index (κ3) is 2.72. The third-order valence-corrected chi connectivity index (χ3v) is 5.51. The van der Waals surface area contributed by atoms with E-state index in [9.17, 15) is 4.79 Å². The molecule has 0 saturated carbocycles. The Bertz CT molecular complexity index is 929. The minimum absolute atomic E-state index is 0.119. The van der Waals surface area contributed by atoms with Crippen molar-refractivity contribution in [1.82, 2.24) is 10.3 Å². The van der Waals surface area contributed by atoms with Crippen LogP contribution in [0.15, 0.2) is 24.3 Å². The van der Waals surface area contributed by atoms with Crippen LogP contribution in [0.2, 0.25) is 0 Å². The summed E-state index contributed by atoms with van der Waals surface area (Å²) in [7, 11) is 0. The third-order valence-electron chi connectivity index (χ3n) is 4.39. The minimum atomic E-state index is -0.147. The average molecular weight is 341 g/mol. The number of anilines is 1. The van der Waals surface area contributed by atoms with E-state index in [4.69, 9.17) is 10.5 Å². The van der Waals surface area contributed by atoms with E-state index in [-0.39, 0.29) is 12.0 Å². The van der Waals surface area contributed by atoms with E-state index in [1.807, 2.05) is 31.2 Å². The van der Waals surface area contributed by atoms with Crippen LogP contribution in [0.4, 0.5) is 5.69 Å². The number of carbonyl (C=O) groups excluding carboxylic acids is 1. The van der Waals surface area contributed by atoms with Crippen LogP contribution in [0.1, 0.15) is 28.1 Å². The molecule has 1 saturated heterocycles. The molecular weight excluding hydrogens is 322 g/mol. The normalized spacial score (nSPS) is 17.6. The number of thiophene rings is 1. The van der Waals surface area contributed by atoms with Gasteiger partial charge in [0.25, 0.3) is 5.91 Å². The van der Waals surface area contributed by atoms with Gasteiger partial charge in [0.15, 0.2) is 0 Å². The molecule has 6 heteroatoms. The van der Waals surface area contributed by atoms with Crippen LogP contribution in [-0.2, 0) is 4.74 Å². The van der Waals surface area contributed by atoms with Gasteiger partial charge >= 0.3 is 0 Å². The first-order chi connectivity index (χ1) is 11.6. The highest BCUT2D eigenvalue weighted by Gasteiger charge is 2.20. The number of hydrogen-bond acceptors (Lipinski definition) is 5. The van der Waals surface area contributed by atoms with Gasteiger partial charge in [0.1, 0.15) is 9.71 Å². The summed E-state index contributed by atoms with van der Waals surface area (Å²) in [4.78, 5) is 18.5. The molecule has 3 N–H and O–H groups in total. The highest BCUT2D eigenvalue weighted by molar-refractivity contribution is 7.21. The summed E-state index contributed by atoms with van der Waals surface area (Å²) in [5.74, 6) is -0.147. The van der Waals surface area contributed by atoms with E-state index in [1.54, 1.807) is 0 Å². The number of nitrogens with two attached hydrogens (primary N) is 1. The van der Waals surface area contributed by atoms with Crippen molar-refractivity contribution in [2.75, 3.05) is 18.9 Å². The van der Waals surface area contributed by atoms with Gasteiger partial charge in [-0.3, -0.25) is 4.79 Å². The Kier molecular flexibility index (Phi) is 3.86. The number of nitrogens with zero attached hydrogens (tertiary/aromatic N) is 1. The lowest BCUT2D eigenvalue weighted by Crippen LogP contribution is -2.31. The maximum absolute atomic E-state index is 12.5. The molecular formula is C18H19N3O2S. The van der Waals surface area contributed by atoms with E-state index in [0.717, 1.165) is 46.1 Å². The Morgan fingerprint density at radius 1 is 1.46 bits per heavy atom. The lowest BCUT2D eigenvalue weighted by atomic mass is 10.1. The van der Waals surface area contributed by atoms with Crippen LogP contribution < -0.4 is 11.1 Å². The maximum atomic E-state index is 12.5. The zero-order valence-corrected chi connectivity index (χ0v) is 14.3. The van der Waals surface area contributed by atoms with Gasteiger partial charge in [-0.15, -0.1) is 11.3 Å². The molecule has 1 aromatic carbocycles. The number of pyridine rings is 1. The smallest absolute Gasteiger partial charge is 0.263 e. The average Bonchev–Trinajstić information content (AvgIpc) is 3.19. The Labute approximate surface area is 143 Å². The van der Waals surface area contributed by atoms with Crippen LogP contribution in [-0.4, -0.2) is 30.1 Å². The summed E-state index contributed by atoms with van der Waals surface area (Å²) >= 11 is 1.35. The van der Waals surface area contributed by atoms with Crippen molar-refractivity contribution in [3.8, 4) is 0 Å². The molecule has 124 valence electrons. The molecule has 0 radical (unpaired) electrons. The summed E-state index contributed by atoms with van der Waals surface area (Å²) < 4.78 is 5.54. The van der Waals surface area contributed by atoms with Crippen LogP contribution >= 0.6 is 11.3 Å². The highest BCUT2D eigenvalue weighted by atomic mass is 32.1. The Balaban J connectivity index is 1.66. The predicted molar refractivity (Wildman–Crippen MR) is 97.6 cm³/mol. The molecule has 1 atom stereocenters. The second-order valence-electron chi connectivity index (χ2n) is 6.23. The first kappa shape index (κ1) is 15.4. The van der Waals surface area contributed by atoms with Crippen LogP contribution in [0.3, 0.4) is 0 Å². The molecule has 5 nitrogen and oxygen atoms in total. The van der Waals surface area contributed by atoms with Gasteiger partial charge in [-0.2, -0.15) is 0 Å². The van der Waals surface area contributed by atoms with Crippen molar-refractivity contribution in [3.05, 3.63) is 34.7 Å². The fourth-order valence-corrected chi connectivity index (χ4v) is 4.07. The van der Waals surface area contributed by atoms with Crippen LogP contribution in [0.25, 0.3) is 21.1 Å². The van der Waals surface area contributed by atoms with E-state index in [1.165, 1.54) is 11.3 Å². The lowest BCUT2D eigenvalue weighted by molar-refractivity contribution is 0.0862. The molecule has 24 heavy (non-hydrogen) atoms. The molecule has 3 aromatic rings. The summed E-state index contributed by atoms with van der Waals surface area (Å²) in [5, 5.41) is 4.81. The molecule has 0 bridgehead atoms. The minimum Gasteiger partial charge on any atom is -0.397 e. The molecule has 0 spiro atoms. The van der Waals surface area contributed by atoms with E-state index in [2.05, 4.69) is 10.3 Å².